The average molecular weight is 174 g/mol. The number of fused-ring (bicyclic) bond motifs is 2. The van der Waals surface area contributed by atoms with Crippen LogP contribution in [0.1, 0.15) is 13.8 Å². The summed E-state index contributed by atoms with van der Waals surface area (Å²) in [6, 6.07) is 0. The molecule has 2 saturated heterocycles. The van der Waals surface area contributed by atoms with Crippen LogP contribution in [0.25, 0.3) is 0 Å². The molecule has 12 heavy (non-hydrogen) atoms. The minimum Gasteiger partial charge on any atom is -0.349 e. The molecule has 0 aromatic rings. The molecule has 0 spiro atoms. The molecule has 2 aliphatic heterocycles. The zero-order valence-corrected chi connectivity index (χ0v) is 7.62. The molecular weight excluding hydrogens is 160 g/mol. The molecule has 4 heteroatoms. The van der Waals surface area contributed by atoms with Gasteiger partial charge >= 0.3 is 0 Å². The first-order chi connectivity index (χ1) is 5.60. The summed E-state index contributed by atoms with van der Waals surface area (Å²) in [4.78, 5) is 0. The van der Waals surface area contributed by atoms with Gasteiger partial charge in [0.05, 0.1) is 13.2 Å². The molecule has 0 unspecified atom stereocenters. The third-order valence-electron chi connectivity index (χ3n) is 2.70. The quantitative estimate of drug-likeness (QED) is 0.580. The Morgan fingerprint density at radius 2 is 1.92 bits per heavy atom. The lowest BCUT2D eigenvalue weighted by Crippen LogP contribution is -2.57. The molecule has 2 aliphatic rings. The highest BCUT2D eigenvalue weighted by atomic mass is 16.8. The van der Waals surface area contributed by atoms with Crippen LogP contribution in [0.4, 0.5) is 0 Å². The van der Waals surface area contributed by atoms with Crippen LogP contribution in [-0.4, -0.2) is 38.0 Å². The standard InChI is InChI=1S/C8H14O4/c1-7(9-3)8(2)11-5-6(12-8)4-10-7/h6H,4-5H2,1-3H3/t6-,7-,8+/m0/s1. The van der Waals surface area contributed by atoms with E-state index in [4.69, 9.17) is 18.9 Å². The normalized spacial score (nSPS) is 52.8. The Labute approximate surface area is 71.7 Å². The van der Waals surface area contributed by atoms with E-state index in [-0.39, 0.29) is 6.10 Å². The summed E-state index contributed by atoms with van der Waals surface area (Å²) in [7, 11) is 1.59. The van der Waals surface area contributed by atoms with Gasteiger partial charge in [0.25, 0.3) is 0 Å². The number of rotatable bonds is 1. The summed E-state index contributed by atoms with van der Waals surface area (Å²) >= 11 is 0. The lowest BCUT2D eigenvalue weighted by atomic mass is 10.1. The van der Waals surface area contributed by atoms with Crippen molar-refractivity contribution in [1.29, 1.82) is 0 Å². The Hall–Kier alpha value is -0.160. The lowest BCUT2D eigenvalue weighted by Gasteiger charge is -2.43. The van der Waals surface area contributed by atoms with Crippen LogP contribution in [0.15, 0.2) is 0 Å². The number of hydrogen-bond donors (Lipinski definition) is 0. The van der Waals surface area contributed by atoms with Gasteiger partial charge < -0.3 is 18.9 Å². The fourth-order valence-electron chi connectivity index (χ4n) is 1.59. The molecule has 2 bridgehead atoms. The number of ether oxygens (including phenoxy) is 4. The van der Waals surface area contributed by atoms with Crippen molar-refractivity contribution in [3.05, 3.63) is 0 Å². The van der Waals surface area contributed by atoms with E-state index in [0.29, 0.717) is 13.2 Å². The van der Waals surface area contributed by atoms with Crippen LogP contribution in [0, 0.1) is 0 Å². The second-order valence-electron chi connectivity index (χ2n) is 3.46. The van der Waals surface area contributed by atoms with Gasteiger partial charge in [-0.1, -0.05) is 0 Å². The van der Waals surface area contributed by atoms with Gasteiger partial charge in [-0.25, -0.2) is 0 Å². The summed E-state index contributed by atoms with van der Waals surface area (Å²) < 4.78 is 21.9. The van der Waals surface area contributed by atoms with Crippen molar-refractivity contribution >= 4 is 0 Å². The minimum atomic E-state index is -0.778. The predicted molar refractivity (Wildman–Crippen MR) is 40.6 cm³/mol. The third kappa shape index (κ3) is 0.925. The molecule has 0 N–H and O–H groups in total. The van der Waals surface area contributed by atoms with E-state index in [1.165, 1.54) is 0 Å². The summed E-state index contributed by atoms with van der Waals surface area (Å²) in [5.74, 6) is -1.52. The Kier molecular flexibility index (Phi) is 1.70. The van der Waals surface area contributed by atoms with Crippen molar-refractivity contribution in [3.63, 3.8) is 0 Å². The van der Waals surface area contributed by atoms with E-state index in [1.807, 2.05) is 13.8 Å². The molecule has 2 heterocycles. The fraction of sp³-hybridized carbons (Fsp3) is 1.00. The van der Waals surface area contributed by atoms with Crippen molar-refractivity contribution in [2.75, 3.05) is 20.3 Å². The average Bonchev–Trinajstić information content (AvgIpc) is 2.40. The van der Waals surface area contributed by atoms with Gasteiger partial charge in [-0.05, 0) is 13.8 Å². The van der Waals surface area contributed by atoms with Gasteiger partial charge in [-0.15, -0.1) is 0 Å². The lowest BCUT2D eigenvalue weighted by molar-refractivity contribution is -0.390. The molecule has 0 aliphatic carbocycles. The summed E-state index contributed by atoms with van der Waals surface area (Å²) in [6.45, 7) is 4.81. The van der Waals surface area contributed by atoms with E-state index in [1.54, 1.807) is 7.11 Å². The zero-order valence-electron chi connectivity index (χ0n) is 7.62. The van der Waals surface area contributed by atoms with E-state index >= 15 is 0 Å². The van der Waals surface area contributed by atoms with Gasteiger partial charge in [0.2, 0.25) is 11.6 Å². The molecule has 0 saturated carbocycles. The monoisotopic (exact) mass is 174 g/mol. The van der Waals surface area contributed by atoms with Gasteiger partial charge in [-0.2, -0.15) is 0 Å². The Morgan fingerprint density at radius 3 is 2.58 bits per heavy atom. The molecular formula is C8H14O4. The first-order valence-electron chi connectivity index (χ1n) is 4.10. The van der Waals surface area contributed by atoms with Crippen LogP contribution in [-0.2, 0) is 18.9 Å². The number of hydrogen-bond acceptors (Lipinski definition) is 4. The van der Waals surface area contributed by atoms with E-state index < -0.39 is 11.6 Å². The highest BCUT2D eigenvalue weighted by Crippen LogP contribution is 2.40. The smallest absolute Gasteiger partial charge is 0.220 e. The van der Waals surface area contributed by atoms with Crippen molar-refractivity contribution in [2.24, 2.45) is 0 Å². The largest absolute Gasteiger partial charge is 0.349 e. The maximum atomic E-state index is 5.62. The highest BCUT2D eigenvalue weighted by Gasteiger charge is 2.57. The van der Waals surface area contributed by atoms with Gasteiger partial charge in [0.15, 0.2) is 0 Å². The summed E-state index contributed by atoms with van der Waals surface area (Å²) in [5.41, 5.74) is 0. The van der Waals surface area contributed by atoms with Crippen LogP contribution in [0.5, 0.6) is 0 Å². The minimum absolute atomic E-state index is 0.0678. The van der Waals surface area contributed by atoms with Crippen molar-refractivity contribution in [2.45, 2.75) is 31.5 Å². The van der Waals surface area contributed by atoms with Gasteiger partial charge in [-0.3, -0.25) is 0 Å². The molecule has 3 atom stereocenters. The van der Waals surface area contributed by atoms with E-state index in [9.17, 15) is 0 Å². The van der Waals surface area contributed by atoms with Gasteiger partial charge in [0.1, 0.15) is 6.10 Å². The molecule has 0 amide bonds. The molecule has 2 rings (SSSR count). The summed E-state index contributed by atoms with van der Waals surface area (Å²) in [6.07, 6.45) is 0.0678. The van der Waals surface area contributed by atoms with Crippen LogP contribution in [0.2, 0.25) is 0 Å². The maximum absolute atomic E-state index is 5.62. The number of methoxy groups -OCH3 is 1. The zero-order chi connectivity index (χ0) is 8.82. The first-order valence-corrected chi connectivity index (χ1v) is 4.10. The molecule has 4 nitrogen and oxygen atoms in total. The Balaban J connectivity index is 2.25. The Bertz CT molecular complexity index is 193. The van der Waals surface area contributed by atoms with E-state index in [0.717, 1.165) is 0 Å². The summed E-state index contributed by atoms with van der Waals surface area (Å²) in [5, 5.41) is 0. The first kappa shape index (κ1) is 8.44. The highest BCUT2D eigenvalue weighted by molar-refractivity contribution is 4.91. The third-order valence-corrected chi connectivity index (χ3v) is 2.70. The van der Waals surface area contributed by atoms with Crippen LogP contribution < -0.4 is 0 Å². The Morgan fingerprint density at radius 1 is 1.25 bits per heavy atom. The van der Waals surface area contributed by atoms with Crippen molar-refractivity contribution < 1.29 is 18.9 Å². The van der Waals surface area contributed by atoms with E-state index in [2.05, 4.69) is 0 Å². The van der Waals surface area contributed by atoms with Crippen molar-refractivity contribution in [1.82, 2.24) is 0 Å². The molecule has 2 fully saturated rings. The second-order valence-corrected chi connectivity index (χ2v) is 3.46. The van der Waals surface area contributed by atoms with Crippen molar-refractivity contribution in [3.8, 4) is 0 Å². The fourth-order valence-corrected chi connectivity index (χ4v) is 1.59. The molecule has 0 aromatic carbocycles. The SMILES string of the molecule is CO[C@@]1(C)OC[C@H]2CO[C@]1(C)O2. The van der Waals surface area contributed by atoms with Gasteiger partial charge in [0, 0.05) is 7.11 Å². The second kappa shape index (κ2) is 2.42. The molecule has 0 radical (unpaired) electrons. The van der Waals surface area contributed by atoms with Crippen LogP contribution in [0.3, 0.4) is 0 Å². The molecule has 70 valence electrons. The maximum Gasteiger partial charge on any atom is 0.220 e. The molecule has 0 aromatic heterocycles. The van der Waals surface area contributed by atoms with Crippen LogP contribution >= 0.6 is 0 Å². The topological polar surface area (TPSA) is 36.9 Å². The predicted octanol–water partition coefficient (Wildman–Crippen LogP) is 0.511.